The number of aryl methyl sites for hydroxylation is 1. The molecule has 0 amide bonds. The molecule has 0 aliphatic carbocycles. The van der Waals surface area contributed by atoms with Crippen molar-refractivity contribution in [1.29, 1.82) is 0 Å². The van der Waals surface area contributed by atoms with E-state index in [1.807, 2.05) is 0 Å². The van der Waals surface area contributed by atoms with E-state index in [2.05, 4.69) is 20.2 Å². The van der Waals surface area contributed by atoms with Crippen LogP contribution in [0.5, 0.6) is 0 Å². The van der Waals surface area contributed by atoms with E-state index < -0.39 is 50.4 Å². The van der Waals surface area contributed by atoms with Gasteiger partial charge in [0, 0.05) is 7.05 Å². The number of aromatic nitrogens is 3. The Balaban J connectivity index is 2.46. The van der Waals surface area contributed by atoms with Crippen LogP contribution in [0.1, 0.15) is 25.2 Å². The van der Waals surface area contributed by atoms with Gasteiger partial charge in [0.2, 0.25) is 0 Å². The number of alkyl halides is 6. The van der Waals surface area contributed by atoms with Gasteiger partial charge in [-0.1, -0.05) is 5.16 Å². The standard InChI is InChI=1S/C10H10F6N4O2S/c1-8(2)4(11)7(19-22-8)23(21)10(15,16)6-5(9(12,13)14)17-20(3)18-6/h4H,1-3H3. The zero-order chi connectivity index (χ0) is 17.8. The maximum Gasteiger partial charge on any atom is 0.437 e. The lowest BCUT2D eigenvalue weighted by molar-refractivity contribution is -0.143. The summed E-state index contributed by atoms with van der Waals surface area (Å²) in [5.41, 5.74) is -5.53. The van der Waals surface area contributed by atoms with Crippen LogP contribution in [-0.2, 0) is 34.1 Å². The number of hydrogen-bond acceptors (Lipinski definition) is 5. The quantitative estimate of drug-likeness (QED) is 0.754. The van der Waals surface area contributed by atoms with Gasteiger partial charge in [-0.05, 0) is 13.8 Å². The molecule has 1 aromatic rings. The summed E-state index contributed by atoms with van der Waals surface area (Å²) in [6, 6.07) is 0. The molecule has 2 heterocycles. The molecular weight excluding hydrogens is 354 g/mol. The lowest BCUT2D eigenvalue weighted by Gasteiger charge is -2.19. The van der Waals surface area contributed by atoms with Gasteiger partial charge in [-0.3, -0.25) is 0 Å². The second kappa shape index (κ2) is 5.18. The van der Waals surface area contributed by atoms with Crippen LogP contribution in [0.2, 0.25) is 0 Å². The fraction of sp³-hybridized carbons (Fsp3) is 0.700. The summed E-state index contributed by atoms with van der Waals surface area (Å²) < 4.78 is 92.6. The number of nitrogens with zero attached hydrogens (tertiary/aromatic N) is 4. The van der Waals surface area contributed by atoms with Crippen LogP contribution in [0.15, 0.2) is 5.16 Å². The SMILES string of the molecule is Cn1nc(C(F)(F)F)c(C(F)(F)S(=O)C2=NOC(C)(C)C2F)n1. The van der Waals surface area contributed by atoms with E-state index >= 15 is 0 Å². The Hall–Kier alpha value is -1.66. The van der Waals surface area contributed by atoms with Crippen LogP contribution >= 0.6 is 0 Å². The molecule has 1 aliphatic rings. The topological polar surface area (TPSA) is 69.4 Å². The third-order valence-electron chi connectivity index (χ3n) is 2.88. The van der Waals surface area contributed by atoms with Crippen LogP contribution in [-0.4, -0.2) is 36.0 Å². The molecule has 2 atom stereocenters. The summed E-state index contributed by atoms with van der Waals surface area (Å²) in [6.45, 7) is 2.32. The molecule has 23 heavy (non-hydrogen) atoms. The fourth-order valence-electron chi connectivity index (χ4n) is 1.69. The Morgan fingerprint density at radius 2 is 1.70 bits per heavy atom. The molecular formula is C10H10F6N4O2S. The molecule has 1 aliphatic heterocycles. The van der Waals surface area contributed by atoms with E-state index in [1.165, 1.54) is 0 Å². The maximum atomic E-state index is 14.2. The van der Waals surface area contributed by atoms with Gasteiger partial charge in [0.25, 0.3) is 0 Å². The average Bonchev–Trinajstić information content (AvgIpc) is 2.91. The molecule has 2 unspecified atom stereocenters. The summed E-state index contributed by atoms with van der Waals surface area (Å²) >= 11 is 0. The van der Waals surface area contributed by atoms with Gasteiger partial charge < -0.3 is 4.84 Å². The number of halogens is 6. The highest BCUT2D eigenvalue weighted by Crippen LogP contribution is 2.41. The van der Waals surface area contributed by atoms with Gasteiger partial charge in [0.05, 0.1) is 0 Å². The highest BCUT2D eigenvalue weighted by molar-refractivity contribution is 8.01. The van der Waals surface area contributed by atoms with E-state index in [0.717, 1.165) is 20.9 Å². The van der Waals surface area contributed by atoms with Crippen LogP contribution in [0.4, 0.5) is 26.3 Å². The Morgan fingerprint density at radius 1 is 1.17 bits per heavy atom. The highest BCUT2D eigenvalue weighted by Gasteiger charge is 2.56. The number of hydrogen-bond donors (Lipinski definition) is 0. The average molecular weight is 364 g/mol. The van der Waals surface area contributed by atoms with E-state index in [1.54, 1.807) is 0 Å². The molecule has 1 aromatic heterocycles. The molecule has 0 fully saturated rings. The van der Waals surface area contributed by atoms with Gasteiger partial charge in [-0.2, -0.15) is 31.8 Å². The first kappa shape index (κ1) is 17.7. The summed E-state index contributed by atoms with van der Waals surface area (Å²) in [4.78, 5) is 4.80. The van der Waals surface area contributed by atoms with Gasteiger partial charge in [0.1, 0.15) is 0 Å². The van der Waals surface area contributed by atoms with E-state index in [0.29, 0.717) is 0 Å². The van der Waals surface area contributed by atoms with Crippen molar-refractivity contribution in [3.8, 4) is 0 Å². The molecule has 0 saturated carbocycles. The third-order valence-corrected chi connectivity index (χ3v) is 4.20. The van der Waals surface area contributed by atoms with Crippen molar-refractivity contribution in [2.75, 3.05) is 0 Å². The van der Waals surface area contributed by atoms with Crippen molar-refractivity contribution in [3.63, 3.8) is 0 Å². The van der Waals surface area contributed by atoms with Crippen molar-refractivity contribution in [3.05, 3.63) is 11.4 Å². The Kier molecular flexibility index (Phi) is 3.98. The van der Waals surface area contributed by atoms with Crippen molar-refractivity contribution in [2.24, 2.45) is 12.2 Å². The molecule has 2 rings (SSSR count). The first-order valence-corrected chi connectivity index (χ1v) is 7.12. The molecule has 0 saturated heterocycles. The minimum absolute atomic E-state index is 0.257. The largest absolute Gasteiger partial charge is 0.437 e. The minimum atomic E-state index is -5.25. The van der Waals surface area contributed by atoms with Crippen molar-refractivity contribution in [2.45, 2.75) is 37.1 Å². The molecule has 13 heteroatoms. The van der Waals surface area contributed by atoms with Crippen LogP contribution in [0, 0.1) is 0 Å². The highest BCUT2D eigenvalue weighted by atomic mass is 32.2. The molecule has 130 valence electrons. The van der Waals surface area contributed by atoms with Gasteiger partial charge in [-0.25, -0.2) is 8.60 Å². The van der Waals surface area contributed by atoms with E-state index in [9.17, 15) is 30.6 Å². The first-order chi connectivity index (χ1) is 10.3. The molecule has 0 aromatic carbocycles. The maximum absolute atomic E-state index is 14.2. The lowest BCUT2D eigenvalue weighted by atomic mass is 10.1. The first-order valence-electron chi connectivity index (χ1n) is 5.97. The lowest BCUT2D eigenvalue weighted by Crippen LogP contribution is -2.39. The van der Waals surface area contributed by atoms with E-state index in [-0.39, 0.29) is 4.80 Å². The number of rotatable bonds is 2. The minimum Gasteiger partial charge on any atom is -0.385 e. The van der Waals surface area contributed by atoms with Crippen molar-refractivity contribution in [1.82, 2.24) is 15.0 Å². The summed E-state index contributed by atoms with van der Waals surface area (Å²) in [7, 11) is -2.68. The van der Waals surface area contributed by atoms with Gasteiger partial charge in [-0.15, -0.1) is 5.10 Å². The Labute approximate surface area is 127 Å². The van der Waals surface area contributed by atoms with Crippen LogP contribution < -0.4 is 0 Å². The summed E-state index contributed by atoms with van der Waals surface area (Å²) in [5.74, 6) is 0. The fourth-order valence-corrected chi connectivity index (χ4v) is 2.85. The number of oxime groups is 1. The zero-order valence-electron chi connectivity index (χ0n) is 11.9. The molecule has 0 bridgehead atoms. The Bertz CT molecular complexity index is 683. The molecule has 0 spiro atoms. The van der Waals surface area contributed by atoms with Crippen molar-refractivity contribution < 1.29 is 35.4 Å². The van der Waals surface area contributed by atoms with Crippen LogP contribution in [0.25, 0.3) is 0 Å². The van der Waals surface area contributed by atoms with E-state index in [4.69, 9.17) is 0 Å². The molecule has 0 radical (unpaired) electrons. The second-order valence-corrected chi connectivity index (χ2v) is 6.63. The van der Waals surface area contributed by atoms with Crippen molar-refractivity contribution >= 4 is 15.8 Å². The normalized spacial score (nSPS) is 22.7. The monoisotopic (exact) mass is 364 g/mol. The summed E-state index contributed by atoms with van der Waals surface area (Å²) in [5, 5.41) is 2.86. The predicted octanol–water partition coefficient (Wildman–Crippen LogP) is 2.09. The van der Waals surface area contributed by atoms with Gasteiger partial charge in [0.15, 0.2) is 39.0 Å². The van der Waals surface area contributed by atoms with Gasteiger partial charge >= 0.3 is 11.4 Å². The molecule has 6 nitrogen and oxygen atoms in total. The third kappa shape index (κ3) is 2.93. The predicted molar refractivity (Wildman–Crippen MR) is 65.5 cm³/mol. The van der Waals surface area contributed by atoms with Crippen LogP contribution in [0.3, 0.4) is 0 Å². The summed E-state index contributed by atoms with van der Waals surface area (Å²) in [6.07, 6.45) is -7.53. The second-order valence-electron chi connectivity index (χ2n) is 5.16. The molecule has 0 N–H and O–H groups in total. The zero-order valence-corrected chi connectivity index (χ0v) is 12.7. The Morgan fingerprint density at radius 3 is 2.13 bits per heavy atom. The smallest absolute Gasteiger partial charge is 0.385 e.